The van der Waals surface area contributed by atoms with Gasteiger partial charge < -0.3 is 16.0 Å². The molecule has 0 amide bonds. The number of hydrogen-bond donors (Lipinski definition) is 4. The minimum Gasteiger partial charge on any atom is -0.352 e. The fraction of sp³-hybridized carbons (Fsp3) is 0.176. The lowest BCUT2D eigenvalue weighted by molar-refractivity contribution is 0.881. The molecule has 4 nitrogen and oxygen atoms in total. The summed E-state index contributed by atoms with van der Waals surface area (Å²) in [6.45, 7) is 4.63. The first-order valence-electron chi connectivity index (χ1n) is 7.07. The summed E-state index contributed by atoms with van der Waals surface area (Å²) in [5.74, 6) is 0.174. The molecule has 0 aliphatic heterocycles. The van der Waals surface area contributed by atoms with Gasteiger partial charge in [-0.1, -0.05) is 48.5 Å². The number of benzene rings is 2. The molecule has 0 spiro atoms. The molecule has 0 bridgehead atoms. The van der Waals surface area contributed by atoms with Crippen molar-refractivity contribution in [1.82, 2.24) is 10.6 Å². The minimum absolute atomic E-state index is 0.174. The van der Waals surface area contributed by atoms with Crippen molar-refractivity contribution < 1.29 is 0 Å². The average molecular weight is 312 g/mol. The van der Waals surface area contributed by atoms with Gasteiger partial charge in [0.25, 0.3) is 0 Å². The summed E-state index contributed by atoms with van der Waals surface area (Å²) in [6.07, 6.45) is 0. The molecule has 0 aliphatic carbocycles. The van der Waals surface area contributed by atoms with E-state index in [1.165, 1.54) is 0 Å². The highest BCUT2D eigenvalue weighted by molar-refractivity contribution is 7.80. The van der Waals surface area contributed by atoms with Gasteiger partial charge in [-0.15, -0.1) is 0 Å². The minimum atomic E-state index is 0.174. The van der Waals surface area contributed by atoms with Gasteiger partial charge in [0, 0.05) is 12.2 Å². The second kappa shape index (κ2) is 7.56. The summed E-state index contributed by atoms with van der Waals surface area (Å²) >= 11 is 5.26. The van der Waals surface area contributed by atoms with Gasteiger partial charge in [0.15, 0.2) is 11.1 Å². The highest BCUT2D eigenvalue weighted by atomic mass is 32.1. The molecule has 5 heteroatoms. The van der Waals surface area contributed by atoms with Gasteiger partial charge >= 0.3 is 0 Å². The molecule has 0 heterocycles. The monoisotopic (exact) mass is 312 g/mol. The zero-order valence-electron chi connectivity index (χ0n) is 12.7. The Balaban J connectivity index is 1.85. The molecule has 0 saturated carbocycles. The molecule has 2 aromatic rings. The van der Waals surface area contributed by atoms with E-state index in [2.05, 4.69) is 16.0 Å². The summed E-state index contributed by atoms with van der Waals surface area (Å²) < 4.78 is 0. The van der Waals surface area contributed by atoms with Gasteiger partial charge in [0.05, 0.1) is 0 Å². The Hall–Kier alpha value is -2.40. The van der Waals surface area contributed by atoms with E-state index in [-0.39, 0.29) is 5.96 Å². The standard InChI is InChI=1S/C17H20N4S/c1-12-7-6-8-13(2)15(12)20-17(22)21-16(18)19-11-14-9-4-3-5-10-14/h3-10H,11H2,1-2H3,(H4,18,19,20,21,22). The van der Waals surface area contributed by atoms with Crippen LogP contribution in [0.2, 0.25) is 0 Å². The van der Waals surface area contributed by atoms with Crippen molar-refractivity contribution >= 4 is 29.0 Å². The third kappa shape index (κ3) is 4.56. The van der Waals surface area contributed by atoms with E-state index in [1.807, 2.05) is 62.4 Å². The van der Waals surface area contributed by atoms with Crippen molar-refractivity contribution in [2.45, 2.75) is 20.4 Å². The van der Waals surface area contributed by atoms with Crippen LogP contribution in [-0.4, -0.2) is 11.1 Å². The van der Waals surface area contributed by atoms with Gasteiger partial charge in [-0.05, 0) is 42.8 Å². The van der Waals surface area contributed by atoms with E-state index in [1.54, 1.807) is 0 Å². The number of aryl methyl sites for hydroxylation is 2. The molecule has 0 unspecified atom stereocenters. The molecule has 0 atom stereocenters. The Morgan fingerprint density at radius 3 is 2.27 bits per heavy atom. The second-order valence-corrected chi connectivity index (χ2v) is 5.47. The first-order chi connectivity index (χ1) is 10.6. The van der Waals surface area contributed by atoms with Crippen LogP contribution in [0.5, 0.6) is 0 Å². The van der Waals surface area contributed by atoms with Crippen molar-refractivity contribution in [3.8, 4) is 0 Å². The van der Waals surface area contributed by atoms with Gasteiger partial charge in [0.2, 0.25) is 0 Å². The summed E-state index contributed by atoms with van der Waals surface area (Å²) in [6, 6.07) is 16.0. The fourth-order valence-corrected chi connectivity index (χ4v) is 2.30. The Labute approximate surface area is 136 Å². The number of nitrogens with one attached hydrogen (secondary N) is 4. The molecule has 114 valence electrons. The van der Waals surface area contributed by atoms with Crippen LogP contribution in [0.3, 0.4) is 0 Å². The summed E-state index contributed by atoms with van der Waals surface area (Å²) in [7, 11) is 0. The molecule has 0 aliphatic rings. The van der Waals surface area contributed by atoms with Crippen molar-refractivity contribution in [2.75, 3.05) is 5.32 Å². The predicted molar refractivity (Wildman–Crippen MR) is 96.3 cm³/mol. The zero-order valence-corrected chi connectivity index (χ0v) is 13.6. The summed E-state index contributed by atoms with van der Waals surface area (Å²) in [5, 5.41) is 17.3. The van der Waals surface area contributed by atoms with Crippen LogP contribution in [0.25, 0.3) is 0 Å². The normalized spacial score (nSPS) is 9.91. The number of guanidine groups is 1. The molecule has 2 aromatic carbocycles. The Morgan fingerprint density at radius 2 is 1.64 bits per heavy atom. The van der Waals surface area contributed by atoms with Crippen LogP contribution in [0.4, 0.5) is 5.69 Å². The molecular weight excluding hydrogens is 292 g/mol. The van der Waals surface area contributed by atoms with Crippen LogP contribution < -0.4 is 16.0 Å². The first kappa shape index (κ1) is 16.0. The quantitative estimate of drug-likeness (QED) is 0.399. The van der Waals surface area contributed by atoms with Crippen LogP contribution in [0, 0.1) is 19.3 Å². The molecular formula is C17H20N4S. The van der Waals surface area contributed by atoms with Crippen LogP contribution >= 0.6 is 12.2 Å². The van der Waals surface area contributed by atoms with E-state index >= 15 is 0 Å². The maximum absolute atomic E-state index is 7.89. The second-order valence-electron chi connectivity index (χ2n) is 5.06. The van der Waals surface area contributed by atoms with Crippen LogP contribution in [-0.2, 0) is 6.54 Å². The third-order valence-corrected chi connectivity index (χ3v) is 3.47. The van der Waals surface area contributed by atoms with Crippen molar-refractivity contribution in [2.24, 2.45) is 0 Å². The van der Waals surface area contributed by atoms with Gasteiger partial charge in [0.1, 0.15) is 0 Å². The van der Waals surface area contributed by atoms with Crippen LogP contribution in [0.15, 0.2) is 48.5 Å². The van der Waals surface area contributed by atoms with Crippen molar-refractivity contribution in [3.63, 3.8) is 0 Å². The van der Waals surface area contributed by atoms with E-state index in [9.17, 15) is 0 Å². The fourth-order valence-electron chi connectivity index (χ4n) is 2.10. The summed E-state index contributed by atoms with van der Waals surface area (Å²) in [5.41, 5.74) is 4.33. The topological polar surface area (TPSA) is 59.9 Å². The zero-order chi connectivity index (χ0) is 15.9. The van der Waals surface area contributed by atoms with Crippen molar-refractivity contribution in [3.05, 3.63) is 65.2 Å². The Morgan fingerprint density at radius 1 is 1.00 bits per heavy atom. The molecule has 22 heavy (non-hydrogen) atoms. The smallest absolute Gasteiger partial charge is 0.194 e. The van der Waals surface area contributed by atoms with Gasteiger partial charge in [-0.3, -0.25) is 5.41 Å². The highest BCUT2D eigenvalue weighted by Crippen LogP contribution is 2.18. The lowest BCUT2D eigenvalue weighted by Crippen LogP contribution is -2.42. The summed E-state index contributed by atoms with van der Waals surface area (Å²) in [4.78, 5) is 0. The Bertz CT molecular complexity index is 647. The predicted octanol–water partition coefficient (Wildman–Crippen LogP) is 3.31. The number of rotatable bonds is 3. The SMILES string of the molecule is Cc1cccc(C)c1NC(=S)NC(=N)NCc1ccccc1. The van der Waals surface area contributed by atoms with Gasteiger partial charge in [-0.2, -0.15) is 0 Å². The van der Waals surface area contributed by atoms with Crippen LogP contribution in [0.1, 0.15) is 16.7 Å². The maximum atomic E-state index is 7.89. The average Bonchev–Trinajstić information content (AvgIpc) is 2.50. The van der Waals surface area contributed by atoms with E-state index < -0.39 is 0 Å². The number of para-hydroxylation sites is 1. The molecule has 0 aromatic heterocycles. The first-order valence-corrected chi connectivity index (χ1v) is 7.47. The molecule has 0 fully saturated rings. The molecule has 0 radical (unpaired) electrons. The van der Waals surface area contributed by atoms with E-state index in [0.29, 0.717) is 11.7 Å². The lowest BCUT2D eigenvalue weighted by atomic mass is 10.1. The van der Waals surface area contributed by atoms with Crippen molar-refractivity contribution in [1.29, 1.82) is 5.41 Å². The third-order valence-electron chi connectivity index (χ3n) is 3.27. The highest BCUT2D eigenvalue weighted by Gasteiger charge is 2.05. The number of thiocarbonyl (C=S) groups is 1. The molecule has 2 rings (SSSR count). The molecule has 4 N–H and O–H groups in total. The van der Waals surface area contributed by atoms with E-state index in [0.717, 1.165) is 22.4 Å². The van der Waals surface area contributed by atoms with Gasteiger partial charge in [-0.25, -0.2) is 0 Å². The number of anilines is 1. The molecule has 0 saturated heterocycles. The largest absolute Gasteiger partial charge is 0.352 e. The maximum Gasteiger partial charge on any atom is 0.194 e. The van der Waals surface area contributed by atoms with E-state index in [4.69, 9.17) is 17.6 Å². The number of hydrogen-bond acceptors (Lipinski definition) is 2. The lowest BCUT2D eigenvalue weighted by Gasteiger charge is -2.15. The Kier molecular flexibility index (Phi) is 5.49.